The van der Waals surface area contributed by atoms with E-state index in [1.807, 2.05) is 30.1 Å². The number of nitrogens with one attached hydrogen (secondary N) is 1. The summed E-state index contributed by atoms with van der Waals surface area (Å²) < 4.78 is 39.0. The second-order valence-corrected chi connectivity index (χ2v) is 9.10. The van der Waals surface area contributed by atoms with Crippen molar-refractivity contribution >= 4 is 5.69 Å². The summed E-state index contributed by atoms with van der Waals surface area (Å²) in [6.45, 7) is 4.74. The van der Waals surface area contributed by atoms with Crippen molar-refractivity contribution in [3.05, 3.63) is 108 Å². The third-order valence-electron chi connectivity index (χ3n) is 6.81. The quantitative estimate of drug-likeness (QED) is 0.538. The monoisotopic (exact) mass is 478 g/mol. The van der Waals surface area contributed by atoms with Gasteiger partial charge in [-0.25, -0.2) is 8.78 Å². The maximum Gasteiger partial charge on any atom is 0.193 e. The Balaban J connectivity index is 1.27. The van der Waals surface area contributed by atoms with Crippen LogP contribution in [0.1, 0.15) is 29.0 Å². The molecule has 0 spiro atoms. The maximum atomic E-state index is 13.6. The Morgan fingerprint density at radius 3 is 2.26 bits per heavy atom. The van der Waals surface area contributed by atoms with E-state index in [-0.39, 0.29) is 29.7 Å². The molecule has 7 heteroatoms. The van der Waals surface area contributed by atoms with Crippen LogP contribution in [0.2, 0.25) is 0 Å². The highest BCUT2D eigenvalue weighted by Crippen LogP contribution is 2.38. The average Bonchev–Trinajstić information content (AvgIpc) is 3.14. The van der Waals surface area contributed by atoms with E-state index in [1.165, 1.54) is 24.3 Å². The summed E-state index contributed by atoms with van der Waals surface area (Å²) in [4.78, 5) is 1.89. The van der Waals surface area contributed by atoms with Crippen LogP contribution in [0.4, 0.5) is 14.5 Å². The predicted molar refractivity (Wildman–Crippen MR) is 130 cm³/mol. The fraction of sp³-hybridized carbons (Fsp3) is 0.286. The molecule has 0 radical (unpaired) electrons. The summed E-state index contributed by atoms with van der Waals surface area (Å²) in [5.41, 5.74) is 3.70. The Morgan fingerprint density at radius 1 is 1.03 bits per heavy atom. The molecule has 5 nitrogen and oxygen atoms in total. The van der Waals surface area contributed by atoms with E-state index in [0.717, 1.165) is 28.1 Å². The molecule has 5 rings (SSSR count). The van der Waals surface area contributed by atoms with Gasteiger partial charge in [0.25, 0.3) is 0 Å². The molecule has 3 atom stereocenters. The summed E-state index contributed by atoms with van der Waals surface area (Å²) in [7, 11) is 1.91. The normalized spacial score (nSPS) is 21.8. The van der Waals surface area contributed by atoms with Gasteiger partial charge in [-0.1, -0.05) is 30.3 Å². The number of hydrogen-bond donors (Lipinski definition) is 2. The summed E-state index contributed by atoms with van der Waals surface area (Å²) >= 11 is 0. The lowest BCUT2D eigenvalue weighted by molar-refractivity contribution is -0.0718. The van der Waals surface area contributed by atoms with Gasteiger partial charge in [-0.05, 0) is 59.7 Å². The lowest BCUT2D eigenvalue weighted by Crippen LogP contribution is -2.50. The summed E-state index contributed by atoms with van der Waals surface area (Å²) in [5.74, 6) is 0.440. The number of aliphatic hydroxyl groups excluding tert-OH is 1. The number of nitrogens with zero attached hydrogens (tertiary/aromatic N) is 1. The van der Waals surface area contributed by atoms with Crippen molar-refractivity contribution in [2.75, 3.05) is 18.6 Å². The molecule has 1 saturated heterocycles. The zero-order valence-corrected chi connectivity index (χ0v) is 19.5. The minimum atomic E-state index is -0.645. The van der Waals surface area contributed by atoms with Crippen molar-refractivity contribution < 1.29 is 23.4 Å². The van der Waals surface area contributed by atoms with Gasteiger partial charge in [-0.15, -0.1) is 0 Å². The first-order valence-electron chi connectivity index (χ1n) is 11.7. The second-order valence-electron chi connectivity index (χ2n) is 9.10. The molecule has 0 aromatic heterocycles. The van der Waals surface area contributed by atoms with Gasteiger partial charge in [0.1, 0.15) is 11.6 Å². The number of rotatable bonds is 6. The van der Waals surface area contributed by atoms with E-state index in [9.17, 15) is 13.9 Å². The van der Waals surface area contributed by atoms with Crippen LogP contribution in [0.3, 0.4) is 0 Å². The van der Waals surface area contributed by atoms with Crippen molar-refractivity contribution in [3.63, 3.8) is 0 Å². The topological polar surface area (TPSA) is 54.0 Å². The van der Waals surface area contributed by atoms with E-state index >= 15 is 0 Å². The maximum absolute atomic E-state index is 13.6. The Labute approximate surface area is 203 Å². The van der Waals surface area contributed by atoms with Gasteiger partial charge in [-0.3, -0.25) is 0 Å². The van der Waals surface area contributed by atoms with Gasteiger partial charge < -0.3 is 24.8 Å². The molecule has 2 aliphatic rings. The van der Waals surface area contributed by atoms with Gasteiger partial charge in [-0.2, -0.15) is 0 Å². The Bertz CT molecular complexity index is 1150. The van der Waals surface area contributed by atoms with Crippen molar-refractivity contribution in [2.45, 2.75) is 37.1 Å². The SMILES string of the molecule is C=C1Oc2cc(CNC3COC(C(c4ccc(F)cc4)c4ccc(F)cc4)CC3O)ccc2N1C. The van der Waals surface area contributed by atoms with Crippen LogP contribution in [0.5, 0.6) is 5.75 Å². The van der Waals surface area contributed by atoms with E-state index in [0.29, 0.717) is 25.5 Å². The van der Waals surface area contributed by atoms with E-state index in [4.69, 9.17) is 9.47 Å². The molecule has 1 fully saturated rings. The molecule has 2 heterocycles. The standard InChI is InChI=1S/C28H28F2N2O3/c1-17-32(2)24-12-3-18(13-26(24)35-17)15-31-23-16-34-27(14-25(23)33)28(19-4-8-21(29)9-5-19)20-6-10-22(30)11-7-20/h3-13,23,25,27-28,31,33H,1,14-16H2,2H3. The van der Waals surface area contributed by atoms with Crippen molar-refractivity contribution in [1.82, 2.24) is 5.32 Å². The highest BCUT2D eigenvalue weighted by atomic mass is 19.1. The number of benzene rings is 3. The highest BCUT2D eigenvalue weighted by Gasteiger charge is 2.35. The number of anilines is 1. The zero-order chi connectivity index (χ0) is 24.5. The van der Waals surface area contributed by atoms with Crippen LogP contribution in [0.25, 0.3) is 0 Å². The van der Waals surface area contributed by atoms with Crippen LogP contribution < -0.4 is 15.0 Å². The van der Waals surface area contributed by atoms with Crippen molar-refractivity contribution in [3.8, 4) is 5.75 Å². The van der Waals surface area contributed by atoms with Crippen molar-refractivity contribution in [1.29, 1.82) is 0 Å². The first-order valence-corrected chi connectivity index (χ1v) is 11.7. The minimum absolute atomic E-state index is 0.250. The van der Waals surface area contributed by atoms with Crippen LogP contribution in [0.15, 0.2) is 79.2 Å². The molecule has 2 aliphatic heterocycles. The number of fused-ring (bicyclic) bond motifs is 1. The van der Waals surface area contributed by atoms with Crippen LogP contribution >= 0.6 is 0 Å². The van der Waals surface area contributed by atoms with E-state index < -0.39 is 6.10 Å². The third-order valence-corrected chi connectivity index (χ3v) is 6.81. The van der Waals surface area contributed by atoms with Gasteiger partial charge in [0.15, 0.2) is 11.6 Å². The molecule has 3 aromatic carbocycles. The fourth-order valence-corrected chi connectivity index (χ4v) is 4.80. The molecular weight excluding hydrogens is 450 g/mol. The van der Waals surface area contributed by atoms with Crippen LogP contribution in [-0.4, -0.2) is 37.0 Å². The molecule has 35 heavy (non-hydrogen) atoms. The van der Waals surface area contributed by atoms with E-state index in [2.05, 4.69) is 11.9 Å². The lowest BCUT2D eigenvalue weighted by atomic mass is 9.82. The molecule has 0 bridgehead atoms. The smallest absolute Gasteiger partial charge is 0.193 e. The summed E-state index contributed by atoms with van der Waals surface area (Å²) in [6, 6.07) is 18.2. The van der Waals surface area contributed by atoms with Crippen LogP contribution in [0, 0.1) is 11.6 Å². The molecule has 0 saturated carbocycles. The Kier molecular flexibility index (Phi) is 6.56. The number of aliphatic hydroxyl groups is 1. The summed E-state index contributed by atoms with van der Waals surface area (Å²) in [6.07, 6.45) is -0.600. The first kappa shape index (κ1) is 23.5. The molecule has 182 valence electrons. The Hall–Kier alpha value is -3.26. The lowest BCUT2D eigenvalue weighted by Gasteiger charge is -2.38. The molecule has 3 unspecified atom stereocenters. The number of ether oxygens (including phenoxy) is 2. The van der Waals surface area contributed by atoms with Crippen molar-refractivity contribution in [2.24, 2.45) is 0 Å². The summed E-state index contributed by atoms with van der Waals surface area (Å²) in [5, 5.41) is 14.4. The largest absolute Gasteiger partial charge is 0.439 e. The molecule has 3 aromatic rings. The second kappa shape index (κ2) is 9.77. The Morgan fingerprint density at radius 2 is 1.66 bits per heavy atom. The fourth-order valence-electron chi connectivity index (χ4n) is 4.80. The minimum Gasteiger partial charge on any atom is -0.439 e. The van der Waals surface area contributed by atoms with E-state index in [1.54, 1.807) is 24.3 Å². The highest BCUT2D eigenvalue weighted by molar-refractivity contribution is 5.66. The molecule has 2 N–H and O–H groups in total. The molecule has 0 aliphatic carbocycles. The predicted octanol–water partition coefficient (Wildman–Crippen LogP) is 4.70. The third kappa shape index (κ3) is 4.93. The van der Waals surface area contributed by atoms with Gasteiger partial charge in [0.2, 0.25) is 0 Å². The van der Waals surface area contributed by atoms with Crippen LogP contribution in [-0.2, 0) is 11.3 Å². The first-order chi connectivity index (χ1) is 16.9. The molecular formula is C28H28F2N2O3. The molecule has 0 amide bonds. The van der Waals surface area contributed by atoms with Gasteiger partial charge >= 0.3 is 0 Å². The van der Waals surface area contributed by atoms with Gasteiger partial charge in [0, 0.05) is 25.9 Å². The average molecular weight is 479 g/mol. The number of hydrogen-bond acceptors (Lipinski definition) is 5. The zero-order valence-electron chi connectivity index (χ0n) is 19.5. The number of halogens is 2. The van der Waals surface area contributed by atoms with Gasteiger partial charge in [0.05, 0.1) is 30.5 Å².